The highest BCUT2D eigenvalue weighted by Crippen LogP contribution is 2.28. The van der Waals surface area contributed by atoms with Crippen molar-refractivity contribution in [3.05, 3.63) is 35.1 Å². The summed E-state index contributed by atoms with van der Waals surface area (Å²) in [7, 11) is 0. The van der Waals surface area contributed by atoms with Gasteiger partial charge in [0.1, 0.15) is 5.82 Å². The van der Waals surface area contributed by atoms with Gasteiger partial charge in [-0.1, -0.05) is 18.9 Å². The van der Waals surface area contributed by atoms with Crippen molar-refractivity contribution in [1.82, 2.24) is 5.32 Å². The summed E-state index contributed by atoms with van der Waals surface area (Å²) in [4.78, 5) is 11.9. The van der Waals surface area contributed by atoms with E-state index in [1.807, 2.05) is 0 Å². The molecule has 0 bridgehead atoms. The molecule has 1 aromatic carbocycles. The minimum atomic E-state index is -0.781. The first kappa shape index (κ1) is 13.0. The summed E-state index contributed by atoms with van der Waals surface area (Å²) in [6, 6.07) is 4.13. The predicted molar refractivity (Wildman–Crippen MR) is 66.9 cm³/mol. The minimum absolute atomic E-state index is 0.238. The van der Waals surface area contributed by atoms with E-state index in [1.54, 1.807) is 13.0 Å². The molecule has 0 saturated heterocycles. The summed E-state index contributed by atoms with van der Waals surface area (Å²) in [5.41, 5.74) is 0.278. The number of amides is 1. The molecule has 1 amide bonds. The van der Waals surface area contributed by atoms with Gasteiger partial charge in [0, 0.05) is 12.1 Å². The lowest BCUT2D eigenvalue weighted by atomic mass is 10.0. The summed E-state index contributed by atoms with van der Waals surface area (Å²) in [5.74, 6) is -0.752. The van der Waals surface area contributed by atoms with Crippen LogP contribution in [0.5, 0.6) is 0 Å². The molecule has 2 rings (SSSR count). The van der Waals surface area contributed by atoms with Crippen molar-refractivity contribution >= 4 is 5.91 Å². The molecule has 18 heavy (non-hydrogen) atoms. The van der Waals surface area contributed by atoms with Crippen LogP contribution in [-0.2, 0) is 0 Å². The fraction of sp³-hybridized carbons (Fsp3) is 0.500. The molecule has 1 saturated carbocycles. The van der Waals surface area contributed by atoms with Crippen LogP contribution in [0, 0.1) is 12.7 Å². The number of carbonyl (C=O) groups excluding carboxylic acids is 1. The molecular formula is C14H18FNO2. The molecule has 1 aromatic rings. The average Bonchev–Trinajstić information content (AvgIpc) is 2.77. The lowest BCUT2D eigenvalue weighted by Crippen LogP contribution is -2.40. The molecule has 1 fully saturated rings. The van der Waals surface area contributed by atoms with E-state index in [2.05, 4.69) is 5.32 Å². The van der Waals surface area contributed by atoms with Crippen LogP contribution in [0.2, 0.25) is 0 Å². The Morgan fingerprint density at radius 1 is 1.44 bits per heavy atom. The maximum Gasteiger partial charge on any atom is 0.251 e. The van der Waals surface area contributed by atoms with Crippen molar-refractivity contribution in [3.8, 4) is 0 Å². The first-order chi connectivity index (χ1) is 8.50. The van der Waals surface area contributed by atoms with Gasteiger partial charge in [0.15, 0.2) is 0 Å². The summed E-state index contributed by atoms with van der Waals surface area (Å²) in [6.45, 7) is 2.00. The molecule has 1 aliphatic rings. The van der Waals surface area contributed by atoms with Gasteiger partial charge in [-0.2, -0.15) is 0 Å². The molecule has 0 aromatic heterocycles. The quantitative estimate of drug-likeness (QED) is 0.865. The second-order valence-electron chi connectivity index (χ2n) is 5.07. The number of benzene rings is 1. The second-order valence-corrected chi connectivity index (χ2v) is 5.07. The van der Waals surface area contributed by atoms with Crippen LogP contribution in [0.4, 0.5) is 4.39 Å². The Bertz CT molecular complexity index is 453. The highest BCUT2D eigenvalue weighted by atomic mass is 19.1. The first-order valence-corrected chi connectivity index (χ1v) is 6.27. The molecule has 0 spiro atoms. The summed E-state index contributed by atoms with van der Waals surface area (Å²) in [6.07, 6.45) is 3.42. The zero-order chi connectivity index (χ0) is 13.2. The number of carbonyl (C=O) groups is 1. The fourth-order valence-corrected chi connectivity index (χ4v) is 2.39. The van der Waals surface area contributed by atoms with E-state index in [0.717, 1.165) is 31.2 Å². The second kappa shape index (κ2) is 5.06. The van der Waals surface area contributed by atoms with Gasteiger partial charge in [0.2, 0.25) is 0 Å². The Labute approximate surface area is 106 Å². The zero-order valence-corrected chi connectivity index (χ0v) is 10.5. The van der Waals surface area contributed by atoms with Gasteiger partial charge < -0.3 is 10.4 Å². The van der Waals surface area contributed by atoms with Crippen molar-refractivity contribution < 1.29 is 14.3 Å². The molecule has 0 atom stereocenters. The third-order valence-corrected chi connectivity index (χ3v) is 3.56. The van der Waals surface area contributed by atoms with Crippen molar-refractivity contribution in [2.75, 3.05) is 6.54 Å². The van der Waals surface area contributed by atoms with Gasteiger partial charge in [-0.3, -0.25) is 4.79 Å². The molecular weight excluding hydrogens is 233 g/mol. The molecule has 0 aliphatic heterocycles. The Morgan fingerprint density at radius 2 is 2.11 bits per heavy atom. The van der Waals surface area contributed by atoms with Crippen LogP contribution in [0.1, 0.15) is 41.6 Å². The summed E-state index contributed by atoms with van der Waals surface area (Å²) in [5, 5.41) is 12.8. The first-order valence-electron chi connectivity index (χ1n) is 6.27. The molecule has 4 heteroatoms. The number of rotatable bonds is 3. The van der Waals surface area contributed by atoms with Crippen LogP contribution in [0.15, 0.2) is 18.2 Å². The van der Waals surface area contributed by atoms with Crippen molar-refractivity contribution in [2.24, 2.45) is 0 Å². The van der Waals surface area contributed by atoms with Crippen molar-refractivity contribution in [1.29, 1.82) is 0 Å². The smallest absolute Gasteiger partial charge is 0.251 e. The van der Waals surface area contributed by atoms with Crippen molar-refractivity contribution in [3.63, 3.8) is 0 Å². The van der Waals surface area contributed by atoms with E-state index >= 15 is 0 Å². The Balaban J connectivity index is 2.01. The van der Waals surface area contributed by atoms with E-state index in [0.29, 0.717) is 5.56 Å². The number of aryl methyl sites for hydroxylation is 1. The third kappa shape index (κ3) is 2.88. The Kier molecular flexibility index (Phi) is 3.66. The topological polar surface area (TPSA) is 49.3 Å². The lowest BCUT2D eigenvalue weighted by molar-refractivity contribution is 0.0449. The van der Waals surface area contributed by atoms with Crippen LogP contribution < -0.4 is 5.32 Å². The predicted octanol–water partition coefficient (Wildman–Crippen LogP) is 2.17. The summed E-state index contributed by atoms with van der Waals surface area (Å²) < 4.78 is 13.1. The Morgan fingerprint density at radius 3 is 2.78 bits per heavy atom. The number of hydrogen-bond acceptors (Lipinski definition) is 2. The van der Waals surface area contributed by atoms with E-state index in [1.165, 1.54) is 12.1 Å². The van der Waals surface area contributed by atoms with E-state index in [9.17, 15) is 14.3 Å². The number of hydrogen-bond donors (Lipinski definition) is 2. The van der Waals surface area contributed by atoms with Gasteiger partial charge in [-0.25, -0.2) is 4.39 Å². The van der Waals surface area contributed by atoms with E-state index in [-0.39, 0.29) is 12.5 Å². The van der Waals surface area contributed by atoms with Crippen LogP contribution in [0.25, 0.3) is 0 Å². The molecule has 1 aliphatic carbocycles. The van der Waals surface area contributed by atoms with E-state index < -0.39 is 11.4 Å². The van der Waals surface area contributed by atoms with E-state index in [4.69, 9.17) is 0 Å². The number of nitrogens with one attached hydrogen (secondary N) is 1. The molecule has 98 valence electrons. The highest BCUT2D eigenvalue weighted by molar-refractivity contribution is 5.95. The van der Waals surface area contributed by atoms with Gasteiger partial charge >= 0.3 is 0 Å². The van der Waals surface area contributed by atoms with Gasteiger partial charge in [-0.15, -0.1) is 0 Å². The van der Waals surface area contributed by atoms with Crippen LogP contribution >= 0.6 is 0 Å². The van der Waals surface area contributed by atoms with Gasteiger partial charge in [0.05, 0.1) is 5.60 Å². The molecule has 3 nitrogen and oxygen atoms in total. The van der Waals surface area contributed by atoms with Crippen LogP contribution in [0.3, 0.4) is 0 Å². The zero-order valence-electron chi connectivity index (χ0n) is 10.5. The number of halogens is 1. The largest absolute Gasteiger partial charge is 0.388 e. The molecule has 0 heterocycles. The SMILES string of the molecule is Cc1ccc(F)cc1C(=O)NCC1(O)CCCC1. The normalized spacial score (nSPS) is 17.7. The molecule has 0 unspecified atom stereocenters. The average molecular weight is 251 g/mol. The summed E-state index contributed by atoms with van der Waals surface area (Å²) >= 11 is 0. The maximum atomic E-state index is 13.1. The fourth-order valence-electron chi connectivity index (χ4n) is 2.39. The monoisotopic (exact) mass is 251 g/mol. The third-order valence-electron chi connectivity index (χ3n) is 3.56. The maximum absolute atomic E-state index is 13.1. The minimum Gasteiger partial charge on any atom is -0.388 e. The van der Waals surface area contributed by atoms with Crippen molar-refractivity contribution in [2.45, 2.75) is 38.2 Å². The lowest BCUT2D eigenvalue weighted by Gasteiger charge is -2.22. The standard InChI is InChI=1S/C14H18FNO2/c1-10-4-5-11(15)8-12(10)13(17)16-9-14(18)6-2-3-7-14/h4-5,8,18H,2-3,6-7,9H2,1H3,(H,16,17). The van der Waals surface area contributed by atoms with Gasteiger partial charge in [0.25, 0.3) is 5.91 Å². The van der Waals surface area contributed by atoms with Crippen LogP contribution in [-0.4, -0.2) is 23.2 Å². The Hall–Kier alpha value is -1.42. The molecule has 2 N–H and O–H groups in total. The number of aliphatic hydroxyl groups is 1. The highest BCUT2D eigenvalue weighted by Gasteiger charge is 2.31. The van der Waals surface area contributed by atoms with Gasteiger partial charge in [-0.05, 0) is 37.5 Å². The molecule has 0 radical (unpaired) electrons.